The number of thiocarbonyl (C=S) groups is 1. The van der Waals surface area contributed by atoms with Crippen LogP contribution in [-0.4, -0.2) is 47.3 Å². The zero-order valence-electron chi connectivity index (χ0n) is 10.0. The molecule has 0 radical (unpaired) electrons. The topological polar surface area (TPSA) is 35.5 Å². The molecule has 0 aromatic heterocycles. The van der Waals surface area contributed by atoms with Gasteiger partial charge in [-0.25, -0.2) is 8.78 Å². The third kappa shape index (κ3) is 4.71. The predicted octanol–water partition coefficient (Wildman–Crippen LogP) is 1.61. The number of hydrogen-bond acceptors (Lipinski definition) is 2. The van der Waals surface area contributed by atoms with Crippen LogP contribution < -0.4 is 5.32 Å². The molecule has 0 aromatic rings. The number of aliphatic hydroxyl groups is 1. The summed E-state index contributed by atoms with van der Waals surface area (Å²) in [4.78, 5) is 1.65. The van der Waals surface area contributed by atoms with E-state index in [1.807, 2.05) is 0 Å². The van der Waals surface area contributed by atoms with Gasteiger partial charge in [-0.15, -0.1) is 0 Å². The van der Waals surface area contributed by atoms with Crippen molar-refractivity contribution in [2.75, 3.05) is 19.6 Å². The Balaban J connectivity index is 2.43. The molecule has 1 saturated heterocycles. The summed E-state index contributed by atoms with van der Waals surface area (Å²) < 4.78 is 25.3. The second-order valence-electron chi connectivity index (χ2n) is 4.47. The Morgan fingerprint density at radius 2 is 2.24 bits per heavy atom. The number of β-amino-alcohol motifs (C(OH)–C–C–N with tert-alkyl or cyclic N) is 1. The van der Waals surface area contributed by atoms with Crippen molar-refractivity contribution in [1.29, 1.82) is 0 Å². The Bertz CT molecular complexity index is 254. The summed E-state index contributed by atoms with van der Waals surface area (Å²) in [6, 6.07) is 0. The summed E-state index contributed by atoms with van der Waals surface area (Å²) in [5.74, 6) is -0.787. The first-order chi connectivity index (χ1) is 8.04. The fourth-order valence-electron chi connectivity index (χ4n) is 1.94. The van der Waals surface area contributed by atoms with Crippen LogP contribution in [0.2, 0.25) is 0 Å². The highest BCUT2D eigenvalue weighted by Crippen LogP contribution is 2.23. The molecule has 0 saturated carbocycles. The summed E-state index contributed by atoms with van der Waals surface area (Å²) in [5, 5.41) is 13.1. The van der Waals surface area contributed by atoms with Crippen LogP contribution in [0.25, 0.3) is 0 Å². The van der Waals surface area contributed by atoms with Gasteiger partial charge in [0.05, 0.1) is 6.10 Å². The second-order valence-corrected chi connectivity index (χ2v) is 4.86. The molecule has 1 aliphatic heterocycles. The average molecular weight is 266 g/mol. The third-order valence-corrected chi connectivity index (χ3v) is 3.31. The molecule has 1 heterocycles. The monoisotopic (exact) mass is 266 g/mol. The minimum Gasteiger partial charge on any atom is -0.391 e. The van der Waals surface area contributed by atoms with Crippen LogP contribution in [-0.2, 0) is 0 Å². The van der Waals surface area contributed by atoms with Crippen LogP contribution in [0.15, 0.2) is 0 Å². The minimum absolute atomic E-state index is 0.158. The van der Waals surface area contributed by atoms with Crippen LogP contribution in [0.3, 0.4) is 0 Å². The van der Waals surface area contributed by atoms with E-state index < -0.39 is 18.4 Å². The number of rotatable bonds is 4. The predicted molar refractivity (Wildman–Crippen MR) is 67.2 cm³/mol. The normalized spacial score (nSPS) is 25.1. The number of aliphatic hydroxyl groups excluding tert-OH is 1. The molecule has 3 nitrogen and oxygen atoms in total. The molecular formula is C11H20F2N2OS. The van der Waals surface area contributed by atoms with E-state index in [1.165, 1.54) is 0 Å². The molecule has 0 aromatic carbocycles. The van der Waals surface area contributed by atoms with E-state index in [1.54, 1.807) is 4.90 Å². The van der Waals surface area contributed by atoms with Crippen LogP contribution in [0.5, 0.6) is 0 Å². The number of halogens is 2. The molecule has 2 unspecified atom stereocenters. The van der Waals surface area contributed by atoms with E-state index in [0.717, 1.165) is 19.4 Å². The second kappa shape index (κ2) is 7.06. The van der Waals surface area contributed by atoms with Crippen molar-refractivity contribution < 1.29 is 13.9 Å². The number of likely N-dealkylation sites (tertiary alicyclic amines) is 1. The first-order valence-electron chi connectivity index (χ1n) is 6.03. The van der Waals surface area contributed by atoms with E-state index in [2.05, 4.69) is 12.2 Å². The maximum atomic E-state index is 12.6. The lowest BCUT2D eigenvalue weighted by Crippen LogP contribution is -2.51. The Morgan fingerprint density at radius 3 is 2.82 bits per heavy atom. The Labute approximate surface area is 106 Å². The van der Waals surface area contributed by atoms with E-state index in [9.17, 15) is 13.9 Å². The highest BCUT2D eigenvalue weighted by Gasteiger charge is 2.32. The molecule has 1 aliphatic rings. The lowest BCUT2D eigenvalue weighted by molar-refractivity contribution is -0.00622. The van der Waals surface area contributed by atoms with E-state index in [4.69, 9.17) is 12.2 Å². The zero-order chi connectivity index (χ0) is 12.8. The van der Waals surface area contributed by atoms with Gasteiger partial charge < -0.3 is 15.3 Å². The Morgan fingerprint density at radius 1 is 1.53 bits per heavy atom. The Kier molecular flexibility index (Phi) is 6.05. The van der Waals surface area contributed by atoms with Crippen molar-refractivity contribution in [3.63, 3.8) is 0 Å². The van der Waals surface area contributed by atoms with E-state index in [0.29, 0.717) is 11.7 Å². The molecule has 100 valence electrons. The summed E-state index contributed by atoms with van der Waals surface area (Å²) in [5.41, 5.74) is 0. The highest BCUT2D eigenvalue weighted by atomic mass is 32.1. The lowest BCUT2D eigenvalue weighted by atomic mass is 9.97. The molecule has 2 N–H and O–H groups in total. The summed E-state index contributed by atoms with van der Waals surface area (Å²) >= 11 is 5.14. The largest absolute Gasteiger partial charge is 0.391 e. The standard InChI is InChI=1S/C11H20F2N2OS/c1-2-3-4-14-11(17)15-6-8(10(12)13)5-9(16)7-15/h8-10,16H,2-7H2,1H3,(H,14,17). The quantitative estimate of drug-likeness (QED) is 0.598. The first-order valence-corrected chi connectivity index (χ1v) is 6.44. The molecule has 1 fully saturated rings. The fraction of sp³-hybridized carbons (Fsp3) is 0.909. The average Bonchev–Trinajstić information content (AvgIpc) is 2.28. The van der Waals surface area contributed by atoms with Gasteiger partial charge in [0.1, 0.15) is 0 Å². The van der Waals surface area contributed by atoms with Gasteiger partial charge in [-0.05, 0) is 25.1 Å². The molecule has 0 amide bonds. The molecule has 0 aliphatic carbocycles. The van der Waals surface area contributed by atoms with Crippen molar-refractivity contribution in [1.82, 2.24) is 10.2 Å². The van der Waals surface area contributed by atoms with Crippen molar-refractivity contribution in [3.05, 3.63) is 0 Å². The van der Waals surface area contributed by atoms with Crippen LogP contribution in [0, 0.1) is 5.92 Å². The van der Waals surface area contributed by atoms with Gasteiger partial charge in [-0.3, -0.25) is 0 Å². The number of piperidine rings is 1. The fourth-order valence-corrected chi connectivity index (χ4v) is 2.19. The van der Waals surface area contributed by atoms with Crippen molar-refractivity contribution in [2.24, 2.45) is 5.92 Å². The van der Waals surface area contributed by atoms with Gasteiger partial charge in [0.25, 0.3) is 0 Å². The third-order valence-electron chi connectivity index (χ3n) is 2.91. The molecule has 1 rings (SSSR count). The maximum Gasteiger partial charge on any atom is 0.243 e. The lowest BCUT2D eigenvalue weighted by Gasteiger charge is -2.36. The minimum atomic E-state index is -2.40. The van der Waals surface area contributed by atoms with Gasteiger partial charge in [0.15, 0.2) is 5.11 Å². The van der Waals surface area contributed by atoms with Gasteiger partial charge in [0.2, 0.25) is 6.43 Å². The Hall–Kier alpha value is -0.490. The van der Waals surface area contributed by atoms with Gasteiger partial charge in [-0.2, -0.15) is 0 Å². The molecule has 0 spiro atoms. The summed E-state index contributed by atoms with van der Waals surface area (Å²) in [6.07, 6.45) is -0.905. The van der Waals surface area contributed by atoms with Crippen molar-refractivity contribution in [2.45, 2.75) is 38.7 Å². The van der Waals surface area contributed by atoms with E-state index in [-0.39, 0.29) is 13.0 Å². The van der Waals surface area contributed by atoms with E-state index >= 15 is 0 Å². The van der Waals surface area contributed by atoms with Crippen molar-refractivity contribution in [3.8, 4) is 0 Å². The smallest absolute Gasteiger partial charge is 0.243 e. The summed E-state index contributed by atoms with van der Waals surface area (Å²) in [7, 11) is 0. The van der Waals surface area contributed by atoms with Crippen molar-refractivity contribution >= 4 is 17.3 Å². The summed E-state index contributed by atoms with van der Waals surface area (Å²) in [6.45, 7) is 3.40. The zero-order valence-corrected chi connectivity index (χ0v) is 10.8. The molecule has 6 heteroatoms. The van der Waals surface area contributed by atoms with Gasteiger partial charge in [0, 0.05) is 25.6 Å². The molecule has 2 atom stereocenters. The van der Waals surface area contributed by atoms with Gasteiger partial charge in [-0.1, -0.05) is 13.3 Å². The van der Waals surface area contributed by atoms with Crippen LogP contribution >= 0.6 is 12.2 Å². The van der Waals surface area contributed by atoms with Gasteiger partial charge >= 0.3 is 0 Å². The number of alkyl halides is 2. The maximum absolute atomic E-state index is 12.6. The highest BCUT2D eigenvalue weighted by molar-refractivity contribution is 7.80. The SMILES string of the molecule is CCCCNC(=S)N1CC(O)CC(C(F)F)C1. The number of unbranched alkanes of at least 4 members (excludes halogenated alkanes) is 1. The molecule has 0 bridgehead atoms. The first kappa shape index (κ1) is 14.6. The molecular weight excluding hydrogens is 246 g/mol. The number of nitrogens with zero attached hydrogens (tertiary/aromatic N) is 1. The van der Waals surface area contributed by atoms with Crippen LogP contribution in [0.1, 0.15) is 26.2 Å². The number of nitrogens with one attached hydrogen (secondary N) is 1. The van der Waals surface area contributed by atoms with Crippen LogP contribution in [0.4, 0.5) is 8.78 Å². The number of hydrogen-bond donors (Lipinski definition) is 2. The molecule has 17 heavy (non-hydrogen) atoms.